The fourth-order valence-electron chi connectivity index (χ4n) is 5.47. The van der Waals surface area contributed by atoms with E-state index in [0.717, 1.165) is 24.2 Å². The van der Waals surface area contributed by atoms with Crippen LogP contribution in [0.5, 0.6) is 0 Å². The molecule has 0 amide bonds. The van der Waals surface area contributed by atoms with E-state index in [1.165, 1.54) is 57.8 Å². The predicted octanol–water partition coefficient (Wildman–Crippen LogP) is 6.49. The van der Waals surface area contributed by atoms with Crippen molar-refractivity contribution in [1.29, 1.82) is 0 Å². The van der Waals surface area contributed by atoms with Crippen molar-refractivity contribution >= 4 is 0 Å². The molecule has 0 aromatic rings. The normalized spacial score (nSPS) is 47.3. The van der Waals surface area contributed by atoms with Gasteiger partial charge in [0.25, 0.3) is 0 Å². The maximum absolute atomic E-state index is 13.6. The summed E-state index contributed by atoms with van der Waals surface area (Å²) in [6.07, 6.45) is 12.0. The van der Waals surface area contributed by atoms with Crippen LogP contribution in [0.3, 0.4) is 0 Å². The summed E-state index contributed by atoms with van der Waals surface area (Å²) in [5, 5.41) is 0. The number of hydrogen-bond donors (Lipinski definition) is 0. The molecule has 128 valence electrons. The molecule has 0 bridgehead atoms. The van der Waals surface area contributed by atoms with Crippen LogP contribution >= 0.6 is 0 Å². The van der Waals surface area contributed by atoms with Crippen molar-refractivity contribution in [1.82, 2.24) is 0 Å². The van der Waals surface area contributed by atoms with E-state index in [-0.39, 0.29) is 0 Å². The van der Waals surface area contributed by atoms with Crippen molar-refractivity contribution in [2.24, 2.45) is 29.6 Å². The Hall–Kier alpha value is -0.140. The van der Waals surface area contributed by atoms with Gasteiger partial charge in [0.05, 0.1) is 0 Å². The average molecular weight is 312 g/mol. The minimum absolute atomic E-state index is 0.464. The van der Waals surface area contributed by atoms with E-state index < -0.39 is 12.3 Å². The summed E-state index contributed by atoms with van der Waals surface area (Å²) in [6, 6.07) is 0. The summed E-state index contributed by atoms with van der Waals surface area (Å²) in [6.45, 7) is 2.39. The molecule has 3 aliphatic carbocycles. The lowest BCUT2D eigenvalue weighted by atomic mass is 9.68. The molecular formula is C20H34F2. The third kappa shape index (κ3) is 4.23. The first-order valence-corrected chi connectivity index (χ1v) is 9.90. The third-order valence-corrected chi connectivity index (χ3v) is 7.09. The van der Waals surface area contributed by atoms with E-state index in [4.69, 9.17) is 0 Å². The third-order valence-electron chi connectivity index (χ3n) is 7.09. The van der Waals surface area contributed by atoms with Crippen molar-refractivity contribution in [3.63, 3.8) is 0 Å². The van der Waals surface area contributed by atoms with Crippen LogP contribution in [0, 0.1) is 29.6 Å². The van der Waals surface area contributed by atoms with E-state index in [0.29, 0.717) is 24.7 Å². The average Bonchev–Trinajstić information content (AvgIpc) is 2.53. The Morgan fingerprint density at radius 3 is 1.77 bits per heavy atom. The van der Waals surface area contributed by atoms with Crippen molar-refractivity contribution in [3.05, 3.63) is 0 Å². The Bertz CT molecular complexity index is 327. The van der Waals surface area contributed by atoms with Gasteiger partial charge in [-0.15, -0.1) is 0 Å². The molecule has 0 heterocycles. The molecule has 0 aromatic carbocycles. The zero-order valence-electron chi connectivity index (χ0n) is 14.3. The van der Waals surface area contributed by atoms with Gasteiger partial charge < -0.3 is 0 Å². The minimum Gasteiger partial charge on any atom is -0.244 e. The number of alkyl halides is 2. The first kappa shape index (κ1) is 16.7. The molecule has 0 spiro atoms. The van der Waals surface area contributed by atoms with E-state index in [2.05, 4.69) is 6.92 Å². The molecule has 0 N–H and O–H groups in total. The first-order valence-electron chi connectivity index (χ1n) is 9.90. The van der Waals surface area contributed by atoms with Crippen molar-refractivity contribution < 1.29 is 8.78 Å². The molecule has 3 rings (SSSR count). The van der Waals surface area contributed by atoms with E-state index >= 15 is 0 Å². The van der Waals surface area contributed by atoms with Gasteiger partial charge in [-0.25, -0.2) is 8.78 Å². The van der Waals surface area contributed by atoms with Crippen LogP contribution in [0.15, 0.2) is 0 Å². The summed E-state index contributed by atoms with van der Waals surface area (Å²) in [7, 11) is 0. The molecule has 0 aromatic heterocycles. The maximum atomic E-state index is 13.6. The highest BCUT2D eigenvalue weighted by atomic mass is 19.2. The summed E-state index contributed by atoms with van der Waals surface area (Å²) < 4.78 is 26.9. The fraction of sp³-hybridized carbons (Fsp3) is 1.00. The SMILES string of the molecule is CC1CCC(CC2CCC(C3CCC(F)C(F)C3)CC2)CC1. The van der Waals surface area contributed by atoms with Crippen LogP contribution in [-0.4, -0.2) is 12.3 Å². The van der Waals surface area contributed by atoms with Crippen LogP contribution < -0.4 is 0 Å². The minimum atomic E-state index is -1.18. The Labute approximate surface area is 135 Å². The largest absolute Gasteiger partial charge is 0.244 e. The standard InChI is InChI=1S/C20H34F2/c1-14-2-4-15(5-3-14)12-16-6-8-17(9-7-16)18-10-11-19(21)20(22)13-18/h14-20H,2-13H2,1H3. The zero-order chi connectivity index (χ0) is 15.5. The molecule has 3 atom stereocenters. The van der Waals surface area contributed by atoms with Gasteiger partial charge in [-0.05, 0) is 68.1 Å². The quantitative estimate of drug-likeness (QED) is 0.559. The van der Waals surface area contributed by atoms with Gasteiger partial charge in [-0.1, -0.05) is 45.4 Å². The topological polar surface area (TPSA) is 0 Å². The highest BCUT2D eigenvalue weighted by Gasteiger charge is 2.36. The van der Waals surface area contributed by atoms with Crippen molar-refractivity contribution in [2.75, 3.05) is 0 Å². The van der Waals surface area contributed by atoms with Crippen LogP contribution in [0.1, 0.15) is 84.0 Å². The van der Waals surface area contributed by atoms with E-state index in [1.54, 1.807) is 0 Å². The molecule has 0 nitrogen and oxygen atoms in total. The smallest absolute Gasteiger partial charge is 0.131 e. The molecule has 3 saturated carbocycles. The summed E-state index contributed by atoms with van der Waals surface area (Å²) >= 11 is 0. The molecule has 0 radical (unpaired) electrons. The van der Waals surface area contributed by atoms with E-state index in [9.17, 15) is 8.78 Å². The Kier molecular flexibility index (Phi) is 5.79. The Morgan fingerprint density at radius 2 is 1.18 bits per heavy atom. The van der Waals surface area contributed by atoms with Gasteiger partial charge in [0.15, 0.2) is 0 Å². The van der Waals surface area contributed by atoms with Gasteiger partial charge in [-0.2, -0.15) is 0 Å². The lowest BCUT2D eigenvalue weighted by molar-refractivity contribution is 0.0527. The van der Waals surface area contributed by atoms with Gasteiger partial charge in [0.1, 0.15) is 12.3 Å². The molecule has 3 aliphatic rings. The van der Waals surface area contributed by atoms with Gasteiger partial charge in [-0.3, -0.25) is 0 Å². The predicted molar refractivity (Wildman–Crippen MR) is 88.3 cm³/mol. The molecule has 22 heavy (non-hydrogen) atoms. The second-order valence-electron chi connectivity index (χ2n) is 8.75. The monoisotopic (exact) mass is 312 g/mol. The molecule has 0 aliphatic heterocycles. The summed E-state index contributed by atoms with van der Waals surface area (Å²) in [5.41, 5.74) is 0. The molecular weight excluding hydrogens is 278 g/mol. The second kappa shape index (κ2) is 7.62. The zero-order valence-corrected chi connectivity index (χ0v) is 14.3. The fourth-order valence-corrected chi connectivity index (χ4v) is 5.47. The van der Waals surface area contributed by atoms with Gasteiger partial charge >= 0.3 is 0 Å². The summed E-state index contributed by atoms with van der Waals surface area (Å²) in [5.74, 6) is 4.02. The Balaban J connectivity index is 1.39. The molecule has 3 fully saturated rings. The van der Waals surface area contributed by atoms with Crippen molar-refractivity contribution in [3.8, 4) is 0 Å². The molecule has 3 unspecified atom stereocenters. The molecule has 2 heteroatoms. The molecule has 0 saturated heterocycles. The lowest BCUT2D eigenvalue weighted by Crippen LogP contribution is -2.33. The van der Waals surface area contributed by atoms with Crippen LogP contribution in [0.25, 0.3) is 0 Å². The first-order chi connectivity index (χ1) is 10.6. The number of halogens is 2. The second-order valence-corrected chi connectivity index (χ2v) is 8.75. The van der Waals surface area contributed by atoms with Gasteiger partial charge in [0.2, 0.25) is 0 Å². The van der Waals surface area contributed by atoms with Crippen LogP contribution in [0.2, 0.25) is 0 Å². The highest BCUT2D eigenvalue weighted by molar-refractivity contribution is 4.86. The van der Waals surface area contributed by atoms with Crippen molar-refractivity contribution in [2.45, 2.75) is 96.3 Å². The lowest BCUT2D eigenvalue weighted by Gasteiger charge is -2.38. The van der Waals surface area contributed by atoms with E-state index in [1.807, 2.05) is 0 Å². The van der Waals surface area contributed by atoms with Crippen LogP contribution in [0.4, 0.5) is 8.78 Å². The highest BCUT2D eigenvalue weighted by Crippen LogP contribution is 2.43. The van der Waals surface area contributed by atoms with Gasteiger partial charge in [0, 0.05) is 0 Å². The number of rotatable bonds is 3. The van der Waals surface area contributed by atoms with Crippen LogP contribution in [-0.2, 0) is 0 Å². The number of hydrogen-bond acceptors (Lipinski definition) is 0. The maximum Gasteiger partial charge on any atom is 0.131 e. The Morgan fingerprint density at radius 1 is 0.636 bits per heavy atom. The summed E-state index contributed by atoms with van der Waals surface area (Å²) in [4.78, 5) is 0.